The summed E-state index contributed by atoms with van der Waals surface area (Å²) in [4.78, 5) is 0. The summed E-state index contributed by atoms with van der Waals surface area (Å²) in [6, 6.07) is 14.1. The highest BCUT2D eigenvalue weighted by atomic mass is 16.3. The molecular formula is C13H12O. The first kappa shape index (κ1) is 8.82. The molecule has 0 radical (unpaired) electrons. The number of fused-ring (bicyclic) bond motifs is 1. The summed E-state index contributed by atoms with van der Waals surface area (Å²) in [6.45, 7) is 1.82. The summed E-state index contributed by atoms with van der Waals surface area (Å²) in [7, 11) is 0. The van der Waals surface area contributed by atoms with Gasteiger partial charge in [0.2, 0.25) is 0 Å². The van der Waals surface area contributed by atoms with Gasteiger partial charge >= 0.3 is 0 Å². The van der Waals surface area contributed by atoms with Crippen molar-refractivity contribution in [3.8, 4) is 0 Å². The molecule has 0 heterocycles. The highest BCUT2D eigenvalue weighted by Crippen LogP contribution is 2.19. The Morgan fingerprint density at radius 2 is 1.79 bits per heavy atom. The van der Waals surface area contributed by atoms with Crippen molar-refractivity contribution >= 4 is 16.5 Å². The lowest BCUT2D eigenvalue weighted by molar-refractivity contribution is 0.511. The van der Waals surface area contributed by atoms with Gasteiger partial charge in [0.15, 0.2) is 0 Å². The third kappa shape index (κ3) is 1.49. The van der Waals surface area contributed by atoms with Gasteiger partial charge < -0.3 is 5.11 Å². The Labute approximate surface area is 83.3 Å². The Morgan fingerprint density at radius 1 is 1.07 bits per heavy atom. The van der Waals surface area contributed by atoms with Crippen molar-refractivity contribution in [3.63, 3.8) is 0 Å². The van der Waals surface area contributed by atoms with E-state index < -0.39 is 0 Å². The zero-order valence-corrected chi connectivity index (χ0v) is 8.07. The third-order valence-corrected chi connectivity index (χ3v) is 2.32. The first-order chi connectivity index (χ1) is 6.81. The van der Waals surface area contributed by atoms with Gasteiger partial charge in [-0.25, -0.2) is 0 Å². The Kier molecular flexibility index (Phi) is 2.23. The molecule has 2 rings (SSSR count). The molecule has 0 saturated heterocycles. The molecule has 0 atom stereocenters. The minimum Gasteiger partial charge on any atom is -0.508 e. The zero-order valence-electron chi connectivity index (χ0n) is 8.07. The van der Waals surface area contributed by atoms with Gasteiger partial charge in [-0.1, -0.05) is 36.4 Å². The van der Waals surface area contributed by atoms with E-state index in [9.17, 15) is 5.11 Å². The van der Waals surface area contributed by atoms with Gasteiger partial charge in [0.1, 0.15) is 5.76 Å². The van der Waals surface area contributed by atoms with E-state index >= 15 is 0 Å². The maximum Gasteiger partial charge on any atom is 0.118 e. The molecule has 0 aliphatic rings. The standard InChI is InChI=1S/C13H12O/c1-2-13(14)12-8-7-10-5-3-4-6-11(10)9-12/h2-9,14H,1H3. The number of hydrogen-bond donors (Lipinski definition) is 1. The SMILES string of the molecule is CC=C(O)c1ccc2ccccc2c1. The summed E-state index contributed by atoms with van der Waals surface area (Å²) >= 11 is 0. The largest absolute Gasteiger partial charge is 0.508 e. The monoisotopic (exact) mass is 184 g/mol. The predicted molar refractivity (Wildman–Crippen MR) is 60.2 cm³/mol. The number of allylic oxidation sites excluding steroid dienone is 1. The van der Waals surface area contributed by atoms with E-state index in [2.05, 4.69) is 6.07 Å². The summed E-state index contributed by atoms with van der Waals surface area (Å²) in [5.41, 5.74) is 0.867. The Hall–Kier alpha value is -1.76. The number of rotatable bonds is 1. The molecule has 0 amide bonds. The quantitative estimate of drug-likeness (QED) is 0.669. The molecule has 0 fully saturated rings. The first-order valence-corrected chi connectivity index (χ1v) is 4.66. The van der Waals surface area contributed by atoms with Gasteiger partial charge in [-0.3, -0.25) is 0 Å². The van der Waals surface area contributed by atoms with Crippen molar-refractivity contribution in [2.75, 3.05) is 0 Å². The molecule has 0 aromatic heterocycles. The second-order valence-corrected chi connectivity index (χ2v) is 3.24. The molecule has 1 heteroatoms. The van der Waals surface area contributed by atoms with Crippen LogP contribution in [0.2, 0.25) is 0 Å². The second kappa shape index (κ2) is 3.54. The van der Waals surface area contributed by atoms with Crippen molar-refractivity contribution in [2.45, 2.75) is 6.92 Å². The number of benzene rings is 2. The Bertz CT molecular complexity index is 483. The van der Waals surface area contributed by atoms with Crippen LogP contribution in [0, 0.1) is 0 Å². The van der Waals surface area contributed by atoms with Crippen LogP contribution in [0.4, 0.5) is 0 Å². The smallest absolute Gasteiger partial charge is 0.118 e. The minimum atomic E-state index is 0.329. The lowest BCUT2D eigenvalue weighted by Gasteiger charge is -2.02. The summed E-state index contributed by atoms with van der Waals surface area (Å²) < 4.78 is 0. The average Bonchev–Trinajstić information content (AvgIpc) is 2.27. The summed E-state index contributed by atoms with van der Waals surface area (Å²) in [5, 5.41) is 11.9. The highest BCUT2D eigenvalue weighted by molar-refractivity contribution is 5.85. The fourth-order valence-electron chi connectivity index (χ4n) is 1.52. The van der Waals surface area contributed by atoms with E-state index in [4.69, 9.17) is 0 Å². The van der Waals surface area contributed by atoms with Crippen LogP contribution in [0.5, 0.6) is 0 Å². The molecule has 2 aromatic rings. The predicted octanol–water partition coefficient (Wildman–Crippen LogP) is 3.76. The van der Waals surface area contributed by atoms with E-state index in [-0.39, 0.29) is 0 Å². The van der Waals surface area contributed by atoms with Crippen molar-refractivity contribution in [1.29, 1.82) is 0 Å². The molecule has 0 unspecified atom stereocenters. The van der Waals surface area contributed by atoms with E-state index in [1.807, 2.05) is 43.3 Å². The maximum absolute atomic E-state index is 9.55. The fraction of sp³-hybridized carbons (Fsp3) is 0.0769. The van der Waals surface area contributed by atoms with Gasteiger partial charge in [-0.2, -0.15) is 0 Å². The van der Waals surface area contributed by atoms with E-state index in [0.29, 0.717) is 5.76 Å². The third-order valence-electron chi connectivity index (χ3n) is 2.32. The van der Waals surface area contributed by atoms with E-state index in [1.54, 1.807) is 6.08 Å². The summed E-state index contributed by atoms with van der Waals surface area (Å²) in [6.07, 6.45) is 1.70. The second-order valence-electron chi connectivity index (χ2n) is 3.24. The molecule has 70 valence electrons. The number of aliphatic hydroxyl groups is 1. The summed E-state index contributed by atoms with van der Waals surface area (Å²) in [5.74, 6) is 0.329. The van der Waals surface area contributed by atoms with Gasteiger partial charge in [0, 0.05) is 5.56 Å². The van der Waals surface area contributed by atoms with E-state index in [1.165, 1.54) is 5.39 Å². The molecule has 2 aromatic carbocycles. The normalized spacial score (nSPS) is 11.9. The first-order valence-electron chi connectivity index (χ1n) is 4.66. The van der Waals surface area contributed by atoms with Crippen LogP contribution < -0.4 is 0 Å². The van der Waals surface area contributed by atoms with Crippen LogP contribution >= 0.6 is 0 Å². The van der Waals surface area contributed by atoms with Crippen molar-refractivity contribution in [3.05, 3.63) is 54.1 Å². The van der Waals surface area contributed by atoms with Gasteiger partial charge in [-0.15, -0.1) is 0 Å². The van der Waals surface area contributed by atoms with Gasteiger partial charge in [0.05, 0.1) is 0 Å². The maximum atomic E-state index is 9.55. The lowest BCUT2D eigenvalue weighted by atomic mass is 10.1. The molecule has 0 saturated carbocycles. The van der Waals surface area contributed by atoms with Crippen LogP contribution in [0.1, 0.15) is 12.5 Å². The molecule has 0 spiro atoms. The number of hydrogen-bond acceptors (Lipinski definition) is 1. The lowest BCUT2D eigenvalue weighted by Crippen LogP contribution is -1.82. The van der Waals surface area contributed by atoms with Gasteiger partial charge in [-0.05, 0) is 29.8 Å². The molecule has 0 bridgehead atoms. The Balaban J connectivity index is 2.62. The van der Waals surface area contributed by atoms with Gasteiger partial charge in [0.25, 0.3) is 0 Å². The number of aliphatic hydroxyl groups excluding tert-OH is 1. The van der Waals surface area contributed by atoms with Crippen molar-refractivity contribution in [2.24, 2.45) is 0 Å². The highest BCUT2D eigenvalue weighted by Gasteiger charge is 1.98. The van der Waals surface area contributed by atoms with Crippen molar-refractivity contribution in [1.82, 2.24) is 0 Å². The average molecular weight is 184 g/mol. The van der Waals surface area contributed by atoms with Crippen LogP contribution in [0.3, 0.4) is 0 Å². The van der Waals surface area contributed by atoms with Crippen LogP contribution in [-0.2, 0) is 0 Å². The van der Waals surface area contributed by atoms with E-state index in [0.717, 1.165) is 10.9 Å². The molecular weight excluding hydrogens is 172 g/mol. The zero-order chi connectivity index (χ0) is 9.97. The fourth-order valence-corrected chi connectivity index (χ4v) is 1.52. The van der Waals surface area contributed by atoms with Crippen LogP contribution in [-0.4, -0.2) is 5.11 Å². The molecule has 14 heavy (non-hydrogen) atoms. The molecule has 1 nitrogen and oxygen atoms in total. The Morgan fingerprint density at radius 3 is 2.50 bits per heavy atom. The van der Waals surface area contributed by atoms with Crippen LogP contribution in [0.25, 0.3) is 16.5 Å². The molecule has 0 aliphatic heterocycles. The topological polar surface area (TPSA) is 20.2 Å². The molecule has 0 aliphatic carbocycles. The minimum absolute atomic E-state index is 0.329. The molecule has 1 N–H and O–H groups in total. The van der Waals surface area contributed by atoms with Crippen molar-refractivity contribution < 1.29 is 5.11 Å². The van der Waals surface area contributed by atoms with Crippen LogP contribution in [0.15, 0.2) is 48.5 Å².